The molecule has 0 aromatic heterocycles. The van der Waals surface area contributed by atoms with Crippen LogP contribution in [-0.2, 0) is 9.53 Å². The first kappa shape index (κ1) is 10.7. The SMILES string of the molecule is COCC(=O)Nc1cc(C)cc(F)c1. The van der Waals surface area contributed by atoms with Crippen LogP contribution in [-0.4, -0.2) is 19.6 Å². The second-order valence-electron chi connectivity index (χ2n) is 3.00. The van der Waals surface area contributed by atoms with E-state index in [1.54, 1.807) is 13.0 Å². The molecule has 0 unspecified atom stereocenters. The van der Waals surface area contributed by atoms with E-state index >= 15 is 0 Å². The molecule has 0 heterocycles. The molecule has 0 atom stereocenters. The lowest BCUT2D eigenvalue weighted by Gasteiger charge is -2.05. The van der Waals surface area contributed by atoms with Gasteiger partial charge in [0, 0.05) is 12.8 Å². The standard InChI is InChI=1S/C10H12FNO2/c1-7-3-8(11)5-9(4-7)12-10(13)6-14-2/h3-5H,6H2,1-2H3,(H,12,13). The summed E-state index contributed by atoms with van der Waals surface area (Å²) < 4.78 is 17.5. The Bertz CT molecular complexity index is 319. The fourth-order valence-corrected chi connectivity index (χ4v) is 1.14. The van der Waals surface area contributed by atoms with Crippen LogP contribution in [0.2, 0.25) is 0 Å². The van der Waals surface area contributed by atoms with Crippen LogP contribution in [0, 0.1) is 12.7 Å². The minimum absolute atomic E-state index is 0.0322. The number of aryl methyl sites for hydroxylation is 1. The molecule has 1 N–H and O–H groups in total. The third-order valence-electron chi connectivity index (χ3n) is 1.60. The smallest absolute Gasteiger partial charge is 0.250 e. The van der Waals surface area contributed by atoms with Gasteiger partial charge in [-0.15, -0.1) is 0 Å². The molecular formula is C10H12FNO2. The molecule has 0 saturated heterocycles. The van der Waals surface area contributed by atoms with Gasteiger partial charge in [0.15, 0.2) is 0 Å². The van der Waals surface area contributed by atoms with Crippen molar-refractivity contribution in [3.8, 4) is 0 Å². The molecule has 0 bridgehead atoms. The predicted octanol–water partition coefficient (Wildman–Crippen LogP) is 1.72. The maximum atomic E-state index is 12.9. The van der Waals surface area contributed by atoms with Gasteiger partial charge >= 0.3 is 0 Å². The summed E-state index contributed by atoms with van der Waals surface area (Å²) in [4.78, 5) is 11.1. The zero-order valence-electron chi connectivity index (χ0n) is 8.13. The van der Waals surface area contributed by atoms with Crippen molar-refractivity contribution in [1.82, 2.24) is 0 Å². The van der Waals surface area contributed by atoms with Crippen molar-refractivity contribution < 1.29 is 13.9 Å². The van der Waals surface area contributed by atoms with Gasteiger partial charge in [0.2, 0.25) is 5.91 Å². The molecule has 14 heavy (non-hydrogen) atoms. The summed E-state index contributed by atoms with van der Waals surface area (Å²) in [6.45, 7) is 1.73. The number of anilines is 1. The number of amides is 1. The van der Waals surface area contributed by atoms with Gasteiger partial charge in [-0.25, -0.2) is 4.39 Å². The molecule has 3 nitrogen and oxygen atoms in total. The van der Waals surface area contributed by atoms with Gasteiger partial charge in [-0.3, -0.25) is 4.79 Å². The number of nitrogens with one attached hydrogen (secondary N) is 1. The number of hydrogen-bond acceptors (Lipinski definition) is 2. The molecule has 76 valence electrons. The van der Waals surface area contributed by atoms with E-state index in [1.807, 2.05) is 0 Å². The van der Waals surface area contributed by atoms with Gasteiger partial charge in [0.25, 0.3) is 0 Å². The number of carbonyl (C=O) groups excluding carboxylic acids is 1. The molecule has 0 spiro atoms. The first-order valence-corrected chi connectivity index (χ1v) is 4.18. The van der Waals surface area contributed by atoms with Crippen LogP contribution in [0.5, 0.6) is 0 Å². The number of halogens is 1. The second kappa shape index (κ2) is 4.72. The highest BCUT2D eigenvalue weighted by molar-refractivity contribution is 5.91. The van der Waals surface area contributed by atoms with Crippen molar-refractivity contribution in [2.24, 2.45) is 0 Å². The van der Waals surface area contributed by atoms with E-state index in [9.17, 15) is 9.18 Å². The van der Waals surface area contributed by atoms with E-state index in [0.29, 0.717) is 5.69 Å². The average Bonchev–Trinajstić information content (AvgIpc) is 2.01. The molecule has 0 aliphatic heterocycles. The van der Waals surface area contributed by atoms with E-state index in [0.717, 1.165) is 5.56 Å². The van der Waals surface area contributed by atoms with Crippen molar-refractivity contribution in [1.29, 1.82) is 0 Å². The summed E-state index contributed by atoms with van der Waals surface area (Å²) >= 11 is 0. The van der Waals surface area contributed by atoms with Gasteiger partial charge in [0.05, 0.1) is 0 Å². The van der Waals surface area contributed by atoms with Gasteiger partial charge in [0.1, 0.15) is 12.4 Å². The Hall–Kier alpha value is -1.42. The summed E-state index contributed by atoms with van der Waals surface area (Å²) in [5.74, 6) is -0.657. The highest BCUT2D eigenvalue weighted by atomic mass is 19.1. The summed E-state index contributed by atoms with van der Waals surface area (Å²) in [5.41, 5.74) is 1.21. The number of carbonyl (C=O) groups is 1. The normalized spacial score (nSPS) is 9.93. The van der Waals surface area contributed by atoms with Crippen LogP contribution >= 0.6 is 0 Å². The molecule has 0 saturated carbocycles. The van der Waals surface area contributed by atoms with Crippen LogP contribution in [0.15, 0.2) is 18.2 Å². The summed E-state index contributed by atoms with van der Waals surface area (Å²) in [5, 5.41) is 2.52. The van der Waals surface area contributed by atoms with E-state index in [1.165, 1.54) is 19.2 Å². The lowest BCUT2D eigenvalue weighted by Crippen LogP contribution is -2.17. The maximum Gasteiger partial charge on any atom is 0.250 e. The lowest BCUT2D eigenvalue weighted by molar-refractivity contribution is -0.119. The van der Waals surface area contributed by atoms with Crippen LogP contribution in [0.25, 0.3) is 0 Å². The van der Waals surface area contributed by atoms with Gasteiger partial charge < -0.3 is 10.1 Å². The number of benzene rings is 1. The fraction of sp³-hybridized carbons (Fsp3) is 0.300. The zero-order chi connectivity index (χ0) is 10.6. The third kappa shape index (κ3) is 3.14. The highest BCUT2D eigenvalue weighted by Crippen LogP contribution is 2.12. The Morgan fingerprint density at radius 2 is 2.21 bits per heavy atom. The quantitative estimate of drug-likeness (QED) is 0.801. The van der Waals surface area contributed by atoms with Gasteiger partial charge in [-0.05, 0) is 30.7 Å². The van der Waals surface area contributed by atoms with Crippen LogP contribution in [0.1, 0.15) is 5.56 Å². The maximum absolute atomic E-state index is 12.9. The highest BCUT2D eigenvalue weighted by Gasteiger charge is 2.02. The third-order valence-corrected chi connectivity index (χ3v) is 1.60. The van der Waals surface area contributed by atoms with Crippen LogP contribution < -0.4 is 5.32 Å². The molecule has 0 fully saturated rings. The monoisotopic (exact) mass is 197 g/mol. The van der Waals surface area contributed by atoms with Crippen molar-refractivity contribution in [3.63, 3.8) is 0 Å². The van der Waals surface area contributed by atoms with Crippen molar-refractivity contribution in [2.45, 2.75) is 6.92 Å². The Morgan fingerprint density at radius 3 is 2.79 bits per heavy atom. The van der Waals surface area contributed by atoms with Gasteiger partial charge in [-0.1, -0.05) is 0 Å². The molecule has 1 rings (SSSR count). The summed E-state index contributed by atoms with van der Waals surface area (Å²) in [7, 11) is 1.43. The molecule has 0 radical (unpaired) electrons. The Labute approximate surface area is 81.9 Å². The van der Waals surface area contributed by atoms with Gasteiger partial charge in [-0.2, -0.15) is 0 Å². The Kier molecular flexibility index (Phi) is 3.59. The lowest BCUT2D eigenvalue weighted by atomic mass is 10.2. The first-order valence-electron chi connectivity index (χ1n) is 4.18. The predicted molar refractivity (Wildman–Crippen MR) is 51.6 cm³/mol. The molecule has 0 aliphatic rings. The molecule has 1 aromatic carbocycles. The molecule has 1 amide bonds. The summed E-state index contributed by atoms with van der Waals surface area (Å²) in [6.07, 6.45) is 0. The van der Waals surface area contributed by atoms with Crippen molar-refractivity contribution in [2.75, 3.05) is 19.0 Å². The topological polar surface area (TPSA) is 38.3 Å². The van der Waals surface area contributed by atoms with Crippen LogP contribution in [0.3, 0.4) is 0 Å². The minimum Gasteiger partial charge on any atom is -0.375 e. The largest absolute Gasteiger partial charge is 0.375 e. The van der Waals surface area contributed by atoms with Crippen LogP contribution in [0.4, 0.5) is 10.1 Å². The van der Waals surface area contributed by atoms with Crippen molar-refractivity contribution in [3.05, 3.63) is 29.6 Å². The molecule has 1 aromatic rings. The molecule has 4 heteroatoms. The Morgan fingerprint density at radius 1 is 1.50 bits per heavy atom. The number of hydrogen-bond donors (Lipinski definition) is 1. The zero-order valence-corrected chi connectivity index (χ0v) is 8.13. The Balaban J connectivity index is 2.71. The first-order chi connectivity index (χ1) is 6.61. The van der Waals surface area contributed by atoms with Crippen molar-refractivity contribution >= 4 is 11.6 Å². The second-order valence-corrected chi connectivity index (χ2v) is 3.00. The number of rotatable bonds is 3. The van der Waals surface area contributed by atoms with E-state index in [-0.39, 0.29) is 18.3 Å². The molecular weight excluding hydrogens is 185 g/mol. The summed E-state index contributed by atoms with van der Waals surface area (Å²) in [6, 6.07) is 4.35. The van der Waals surface area contributed by atoms with E-state index in [2.05, 4.69) is 10.1 Å². The fourth-order valence-electron chi connectivity index (χ4n) is 1.14. The molecule has 0 aliphatic carbocycles. The van der Waals surface area contributed by atoms with E-state index in [4.69, 9.17) is 0 Å². The van der Waals surface area contributed by atoms with E-state index < -0.39 is 0 Å². The number of ether oxygens (including phenoxy) is 1. The average molecular weight is 197 g/mol. The minimum atomic E-state index is -0.363. The number of methoxy groups -OCH3 is 1.